The van der Waals surface area contributed by atoms with E-state index < -0.39 is 0 Å². The van der Waals surface area contributed by atoms with Crippen molar-refractivity contribution in [1.29, 1.82) is 0 Å². The average molecular weight is 283 g/mol. The maximum Gasteiger partial charge on any atom is 0.0925 e. The van der Waals surface area contributed by atoms with Gasteiger partial charge in [0.2, 0.25) is 0 Å². The Labute approximate surface area is 106 Å². The molecule has 16 heavy (non-hydrogen) atoms. The van der Waals surface area contributed by atoms with Crippen LogP contribution in [-0.2, 0) is 4.74 Å². The molecule has 0 saturated heterocycles. The third kappa shape index (κ3) is 2.86. The predicted molar refractivity (Wildman–Crippen MR) is 70.9 cm³/mol. The highest BCUT2D eigenvalue weighted by molar-refractivity contribution is 9.09. The van der Waals surface area contributed by atoms with Crippen LogP contribution in [0.4, 0.5) is 0 Å². The van der Waals surface area contributed by atoms with Crippen LogP contribution in [0.1, 0.15) is 37.9 Å². The van der Waals surface area contributed by atoms with Crippen LogP contribution >= 0.6 is 15.9 Å². The summed E-state index contributed by atoms with van der Waals surface area (Å²) < 4.78 is 6.14. The topological polar surface area (TPSA) is 9.23 Å². The summed E-state index contributed by atoms with van der Waals surface area (Å²) in [6.45, 7) is 2.21. The molecule has 0 radical (unpaired) electrons. The third-order valence-electron chi connectivity index (χ3n) is 3.50. The first kappa shape index (κ1) is 12.1. The Morgan fingerprint density at radius 1 is 1.31 bits per heavy atom. The molecule has 0 amide bonds. The molecular weight excluding hydrogens is 264 g/mol. The molecule has 0 N–H and O–H groups in total. The van der Waals surface area contributed by atoms with Gasteiger partial charge in [0.25, 0.3) is 0 Å². The molecular formula is C14H19BrO. The molecule has 1 nitrogen and oxygen atoms in total. The predicted octanol–water partition coefficient (Wildman–Crippen LogP) is 4.33. The van der Waals surface area contributed by atoms with E-state index in [9.17, 15) is 0 Å². The molecule has 2 atom stereocenters. The number of ether oxygens (including phenoxy) is 1. The van der Waals surface area contributed by atoms with E-state index in [0.29, 0.717) is 6.10 Å². The van der Waals surface area contributed by atoms with E-state index in [1.165, 1.54) is 24.8 Å². The molecule has 2 unspecified atom stereocenters. The molecule has 0 heterocycles. The normalized spacial score (nSPS) is 20.1. The molecule has 1 aromatic rings. The minimum atomic E-state index is 0.191. The lowest BCUT2D eigenvalue weighted by Crippen LogP contribution is -2.28. The molecule has 0 aliphatic heterocycles. The van der Waals surface area contributed by atoms with Gasteiger partial charge in [-0.25, -0.2) is 0 Å². The molecule has 1 aliphatic rings. The maximum absolute atomic E-state index is 6.14. The molecule has 0 aromatic heterocycles. The Hall–Kier alpha value is -0.340. The second kappa shape index (κ2) is 5.83. The Morgan fingerprint density at radius 3 is 2.50 bits per heavy atom. The van der Waals surface area contributed by atoms with Gasteiger partial charge in [0.15, 0.2) is 0 Å². The molecule has 0 bridgehead atoms. The maximum atomic E-state index is 6.14. The van der Waals surface area contributed by atoms with Crippen molar-refractivity contribution in [3.8, 4) is 0 Å². The number of halogens is 1. The van der Waals surface area contributed by atoms with Crippen molar-refractivity contribution in [2.24, 2.45) is 5.92 Å². The molecule has 1 saturated carbocycles. The van der Waals surface area contributed by atoms with E-state index in [1.54, 1.807) is 0 Å². The van der Waals surface area contributed by atoms with Gasteiger partial charge in [-0.05, 0) is 31.2 Å². The number of alkyl halides is 1. The average Bonchev–Trinajstić information content (AvgIpc) is 2.24. The van der Waals surface area contributed by atoms with Crippen molar-refractivity contribution < 1.29 is 4.74 Å². The molecule has 2 heteroatoms. The zero-order chi connectivity index (χ0) is 11.4. The summed E-state index contributed by atoms with van der Waals surface area (Å²) in [6.07, 6.45) is 4.63. The summed E-state index contributed by atoms with van der Waals surface area (Å²) in [4.78, 5) is 0. The van der Waals surface area contributed by atoms with Crippen LogP contribution in [0.2, 0.25) is 0 Å². The van der Waals surface area contributed by atoms with Gasteiger partial charge in [0.1, 0.15) is 0 Å². The molecule has 88 valence electrons. The smallest absolute Gasteiger partial charge is 0.0925 e. The minimum absolute atomic E-state index is 0.191. The van der Waals surface area contributed by atoms with Crippen molar-refractivity contribution in [2.75, 3.05) is 5.33 Å². The standard InChI is InChI=1S/C14H19BrO/c1-11(12-8-5-9-12)16-14(10-15)13-6-3-2-4-7-13/h2-4,6-7,11-12,14H,5,8-10H2,1H3. The summed E-state index contributed by atoms with van der Waals surface area (Å²) in [7, 11) is 0. The van der Waals surface area contributed by atoms with Gasteiger partial charge in [0, 0.05) is 5.33 Å². The molecule has 2 rings (SSSR count). The summed E-state index contributed by atoms with van der Waals surface area (Å²) in [5.41, 5.74) is 1.27. The van der Waals surface area contributed by atoms with Crippen molar-refractivity contribution in [2.45, 2.75) is 38.4 Å². The molecule has 1 aliphatic carbocycles. The Morgan fingerprint density at radius 2 is 2.00 bits per heavy atom. The van der Waals surface area contributed by atoms with Gasteiger partial charge in [-0.3, -0.25) is 0 Å². The van der Waals surface area contributed by atoms with Gasteiger partial charge < -0.3 is 4.74 Å². The second-order valence-corrected chi connectivity index (χ2v) is 5.23. The molecule has 1 aromatic carbocycles. The zero-order valence-corrected chi connectivity index (χ0v) is 11.3. The fourth-order valence-corrected chi connectivity index (χ4v) is 2.68. The van der Waals surface area contributed by atoms with Gasteiger partial charge in [-0.1, -0.05) is 52.7 Å². The fourth-order valence-electron chi connectivity index (χ4n) is 2.15. The van der Waals surface area contributed by atoms with Gasteiger partial charge in [0.05, 0.1) is 12.2 Å². The van der Waals surface area contributed by atoms with Crippen LogP contribution in [0.25, 0.3) is 0 Å². The van der Waals surface area contributed by atoms with Crippen LogP contribution < -0.4 is 0 Å². The Balaban J connectivity index is 1.94. The van der Waals surface area contributed by atoms with Crippen molar-refractivity contribution in [3.63, 3.8) is 0 Å². The third-order valence-corrected chi connectivity index (χ3v) is 4.09. The van der Waals surface area contributed by atoms with Crippen LogP contribution in [-0.4, -0.2) is 11.4 Å². The van der Waals surface area contributed by atoms with E-state index >= 15 is 0 Å². The van der Waals surface area contributed by atoms with Crippen LogP contribution in [0.5, 0.6) is 0 Å². The molecule has 1 fully saturated rings. The summed E-state index contributed by atoms with van der Waals surface area (Å²) >= 11 is 3.55. The minimum Gasteiger partial charge on any atom is -0.369 e. The lowest BCUT2D eigenvalue weighted by molar-refractivity contribution is -0.0424. The van der Waals surface area contributed by atoms with Crippen molar-refractivity contribution >= 4 is 15.9 Å². The number of rotatable bonds is 5. The fraction of sp³-hybridized carbons (Fsp3) is 0.571. The van der Waals surface area contributed by atoms with Gasteiger partial charge in [-0.15, -0.1) is 0 Å². The van der Waals surface area contributed by atoms with Crippen LogP contribution in [0.3, 0.4) is 0 Å². The van der Waals surface area contributed by atoms with Crippen LogP contribution in [0.15, 0.2) is 30.3 Å². The first-order chi connectivity index (χ1) is 7.81. The van der Waals surface area contributed by atoms with E-state index in [-0.39, 0.29) is 6.10 Å². The van der Waals surface area contributed by atoms with E-state index in [0.717, 1.165) is 11.2 Å². The highest BCUT2D eigenvalue weighted by atomic mass is 79.9. The van der Waals surface area contributed by atoms with Gasteiger partial charge in [-0.2, -0.15) is 0 Å². The van der Waals surface area contributed by atoms with Gasteiger partial charge >= 0.3 is 0 Å². The number of hydrogen-bond donors (Lipinski definition) is 0. The van der Waals surface area contributed by atoms with E-state index in [1.807, 2.05) is 6.07 Å². The summed E-state index contributed by atoms with van der Waals surface area (Å²) in [5.74, 6) is 0.783. The van der Waals surface area contributed by atoms with E-state index in [4.69, 9.17) is 4.74 Å². The van der Waals surface area contributed by atoms with Crippen molar-refractivity contribution in [1.82, 2.24) is 0 Å². The van der Waals surface area contributed by atoms with Crippen LogP contribution in [0, 0.1) is 5.92 Å². The summed E-state index contributed by atoms with van der Waals surface area (Å²) in [6, 6.07) is 10.5. The highest BCUT2D eigenvalue weighted by Gasteiger charge is 2.26. The largest absolute Gasteiger partial charge is 0.369 e. The SMILES string of the molecule is CC(OC(CBr)c1ccccc1)C1CCC1. The quantitative estimate of drug-likeness (QED) is 0.731. The van der Waals surface area contributed by atoms with Crippen molar-refractivity contribution in [3.05, 3.63) is 35.9 Å². The zero-order valence-electron chi connectivity index (χ0n) is 9.73. The lowest BCUT2D eigenvalue weighted by atomic mass is 9.81. The Kier molecular flexibility index (Phi) is 4.42. The lowest BCUT2D eigenvalue weighted by Gasteiger charge is -2.33. The number of hydrogen-bond acceptors (Lipinski definition) is 1. The first-order valence-corrected chi connectivity index (χ1v) is 7.19. The van der Waals surface area contributed by atoms with E-state index in [2.05, 4.69) is 47.1 Å². The number of benzene rings is 1. The first-order valence-electron chi connectivity index (χ1n) is 6.07. The molecule has 0 spiro atoms. The monoisotopic (exact) mass is 282 g/mol. The highest BCUT2D eigenvalue weighted by Crippen LogP contribution is 2.33. The second-order valence-electron chi connectivity index (χ2n) is 4.59. The Bertz CT molecular complexity index is 308. The summed E-state index contributed by atoms with van der Waals surface area (Å²) in [5, 5.41) is 0.869.